The van der Waals surface area contributed by atoms with E-state index in [-0.39, 0.29) is 24.0 Å². The van der Waals surface area contributed by atoms with Crippen LogP contribution in [0.15, 0.2) is 24.3 Å². The molecule has 0 unspecified atom stereocenters. The van der Waals surface area contributed by atoms with Crippen LogP contribution in [0.5, 0.6) is 0 Å². The number of nitrogens with zero attached hydrogens (tertiary/aromatic N) is 2. The van der Waals surface area contributed by atoms with Crippen molar-refractivity contribution in [2.24, 2.45) is 5.41 Å². The van der Waals surface area contributed by atoms with Gasteiger partial charge in [-0.2, -0.15) is 13.2 Å². The first-order chi connectivity index (χ1) is 11.5. The lowest BCUT2D eigenvalue weighted by Gasteiger charge is -2.19. The molecule has 136 valence electrons. The number of benzene rings is 1. The summed E-state index contributed by atoms with van der Waals surface area (Å²) in [6, 6.07) is 6.02. The molecule has 2 aromatic rings. The minimum absolute atomic E-state index is 0.0477. The van der Waals surface area contributed by atoms with Crippen molar-refractivity contribution in [1.29, 1.82) is 0 Å². The summed E-state index contributed by atoms with van der Waals surface area (Å²) in [5, 5.41) is 11.5. The predicted octanol–water partition coefficient (Wildman–Crippen LogP) is 2.67. The number of aromatic nitrogens is 2. The van der Waals surface area contributed by atoms with Crippen LogP contribution in [0, 0.1) is 5.41 Å². The van der Waals surface area contributed by atoms with Crippen molar-refractivity contribution >= 4 is 22.9 Å². The highest BCUT2D eigenvalue weighted by Crippen LogP contribution is 2.31. The number of fused-ring (bicyclic) bond motifs is 1. The fourth-order valence-corrected chi connectivity index (χ4v) is 2.27. The number of carboxylic acid groups (broad SMARTS) is 1. The number of hydrogen-bond donors (Lipinski definition) is 2. The molecule has 0 radical (unpaired) electrons. The van der Waals surface area contributed by atoms with Gasteiger partial charge in [0.1, 0.15) is 6.54 Å². The molecule has 1 heterocycles. The van der Waals surface area contributed by atoms with Gasteiger partial charge >= 0.3 is 12.1 Å². The Bertz CT molecular complexity index is 797. The molecule has 9 heteroatoms. The Hall–Kier alpha value is -2.58. The van der Waals surface area contributed by atoms with E-state index >= 15 is 0 Å². The maximum atomic E-state index is 13.2. The topological polar surface area (TPSA) is 84.2 Å². The molecule has 1 amide bonds. The molecule has 0 atom stereocenters. The highest BCUT2D eigenvalue weighted by molar-refractivity contribution is 5.81. The first-order valence-corrected chi connectivity index (χ1v) is 7.55. The van der Waals surface area contributed by atoms with Crippen molar-refractivity contribution in [1.82, 2.24) is 14.9 Å². The van der Waals surface area contributed by atoms with Crippen LogP contribution < -0.4 is 5.32 Å². The van der Waals surface area contributed by atoms with E-state index in [2.05, 4.69) is 10.3 Å². The lowest BCUT2D eigenvalue weighted by Crippen LogP contribution is -2.34. The van der Waals surface area contributed by atoms with Gasteiger partial charge in [0.25, 0.3) is 0 Å². The Balaban J connectivity index is 2.14. The lowest BCUT2D eigenvalue weighted by atomic mass is 9.90. The number of carbonyl (C=O) groups is 2. The van der Waals surface area contributed by atoms with E-state index in [1.165, 1.54) is 26.0 Å². The Labute approximate surface area is 141 Å². The summed E-state index contributed by atoms with van der Waals surface area (Å²) in [6.45, 7) is 2.51. The number of aliphatic carboxylic acids is 1. The number of imidazole rings is 1. The molecule has 1 aromatic heterocycles. The third kappa shape index (κ3) is 4.28. The molecule has 6 nitrogen and oxygen atoms in total. The van der Waals surface area contributed by atoms with Gasteiger partial charge < -0.3 is 15.0 Å². The highest BCUT2D eigenvalue weighted by atomic mass is 19.4. The van der Waals surface area contributed by atoms with Crippen LogP contribution in [-0.2, 0) is 22.3 Å². The Morgan fingerprint density at radius 1 is 1.24 bits per heavy atom. The summed E-state index contributed by atoms with van der Waals surface area (Å²) in [7, 11) is 0. The second-order valence-corrected chi connectivity index (χ2v) is 6.30. The van der Waals surface area contributed by atoms with Crippen LogP contribution in [-0.4, -0.2) is 33.1 Å². The molecule has 0 aliphatic heterocycles. The number of amides is 1. The first-order valence-electron chi connectivity index (χ1n) is 7.55. The van der Waals surface area contributed by atoms with Crippen LogP contribution in [0.2, 0.25) is 0 Å². The van der Waals surface area contributed by atoms with Crippen molar-refractivity contribution < 1.29 is 27.9 Å². The Morgan fingerprint density at radius 3 is 2.48 bits per heavy atom. The monoisotopic (exact) mass is 357 g/mol. The molecular formula is C16H18F3N3O3. The maximum Gasteiger partial charge on any atom is 0.449 e. The van der Waals surface area contributed by atoms with Gasteiger partial charge in [-0.15, -0.1) is 0 Å². The minimum Gasteiger partial charge on any atom is -0.481 e. The van der Waals surface area contributed by atoms with Gasteiger partial charge in [0, 0.05) is 6.54 Å². The fraction of sp³-hybridized carbons (Fsp3) is 0.438. The van der Waals surface area contributed by atoms with Gasteiger partial charge in [-0.05, 0) is 32.4 Å². The third-order valence-electron chi connectivity index (χ3n) is 3.86. The van der Waals surface area contributed by atoms with Gasteiger partial charge in [0.15, 0.2) is 0 Å². The number of carboxylic acids is 1. The molecule has 2 N–H and O–H groups in total. The van der Waals surface area contributed by atoms with E-state index in [1.807, 2.05) is 0 Å². The van der Waals surface area contributed by atoms with Gasteiger partial charge in [0.05, 0.1) is 16.4 Å². The van der Waals surface area contributed by atoms with Gasteiger partial charge in [-0.3, -0.25) is 9.59 Å². The summed E-state index contributed by atoms with van der Waals surface area (Å²) < 4.78 is 40.3. The molecule has 0 bridgehead atoms. The van der Waals surface area contributed by atoms with Crippen molar-refractivity contribution in [3.05, 3.63) is 30.1 Å². The molecule has 0 aliphatic rings. The maximum absolute atomic E-state index is 13.2. The van der Waals surface area contributed by atoms with Crippen LogP contribution in [0.1, 0.15) is 26.1 Å². The summed E-state index contributed by atoms with van der Waals surface area (Å²) >= 11 is 0. The zero-order chi connectivity index (χ0) is 18.8. The molecule has 1 aromatic carbocycles. The van der Waals surface area contributed by atoms with Crippen LogP contribution in [0.3, 0.4) is 0 Å². The van der Waals surface area contributed by atoms with Gasteiger partial charge in [-0.1, -0.05) is 12.1 Å². The first kappa shape index (κ1) is 18.8. The molecule has 0 spiro atoms. The minimum atomic E-state index is -4.69. The smallest absolute Gasteiger partial charge is 0.449 e. The van der Waals surface area contributed by atoms with Crippen molar-refractivity contribution in [3.63, 3.8) is 0 Å². The number of hydrogen-bond acceptors (Lipinski definition) is 3. The molecule has 25 heavy (non-hydrogen) atoms. The zero-order valence-corrected chi connectivity index (χ0v) is 13.7. The summed E-state index contributed by atoms with van der Waals surface area (Å²) in [4.78, 5) is 26.6. The average molecular weight is 357 g/mol. The number of para-hydroxylation sites is 2. The number of halogens is 3. The summed E-state index contributed by atoms with van der Waals surface area (Å²) in [5.74, 6) is -2.80. The standard InChI is InChI=1S/C16H18F3N3O3/c1-15(2,14(24)25)7-8-20-12(23)9-22-11-6-4-3-5-10(11)21-13(22)16(17,18)19/h3-6H,7-9H2,1-2H3,(H,20,23)(H,24,25). The van der Waals surface area contributed by atoms with Gasteiger partial charge in [0.2, 0.25) is 11.7 Å². The largest absolute Gasteiger partial charge is 0.481 e. The fourth-order valence-electron chi connectivity index (χ4n) is 2.27. The number of rotatable bonds is 6. The molecule has 0 saturated carbocycles. The van der Waals surface area contributed by atoms with E-state index < -0.39 is 35.8 Å². The Kier molecular flexibility index (Phi) is 5.05. The SMILES string of the molecule is CC(C)(CCNC(=O)Cn1c(C(F)(F)F)nc2ccccc21)C(=O)O. The molecule has 0 aliphatic carbocycles. The van der Waals surface area contributed by atoms with Crippen LogP contribution >= 0.6 is 0 Å². The number of alkyl halides is 3. The van der Waals surface area contributed by atoms with Gasteiger partial charge in [-0.25, -0.2) is 4.98 Å². The molecule has 0 saturated heterocycles. The van der Waals surface area contributed by atoms with Crippen molar-refractivity contribution in [3.8, 4) is 0 Å². The Morgan fingerprint density at radius 2 is 1.88 bits per heavy atom. The summed E-state index contributed by atoms with van der Waals surface area (Å²) in [6.07, 6.45) is -4.53. The van der Waals surface area contributed by atoms with E-state index in [4.69, 9.17) is 5.11 Å². The molecule has 2 rings (SSSR count). The molecule has 0 fully saturated rings. The van der Waals surface area contributed by atoms with E-state index in [9.17, 15) is 22.8 Å². The summed E-state index contributed by atoms with van der Waals surface area (Å²) in [5.41, 5.74) is -0.683. The van der Waals surface area contributed by atoms with Crippen LogP contribution in [0.4, 0.5) is 13.2 Å². The average Bonchev–Trinajstić information content (AvgIpc) is 2.86. The second kappa shape index (κ2) is 6.73. The zero-order valence-electron chi connectivity index (χ0n) is 13.7. The normalized spacial score (nSPS) is 12.4. The second-order valence-electron chi connectivity index (χ2n) is 6.30. The predicted molar refractivity (Wildman–Crippen MR) is 83.8 cm³/mol. The highest BCUT2D eigenvalue weighted by Gasteiger charge is 2.38. The van der Waals surface area contributed by atoms with E-state index in [1.54, 1.807) is 12.1 Å². The van der Waals surface area contributed by atoms with Crippen molar-refractivity contribution in [2.75, 3.05) is 6.54 Å². The number of nitrogens with one attached hydrogen (secondary N) is 1. The number of carbonyl (C=O) groups excluding carboxylic acids is 1. The van der Waals surface area contributed by atoms with E-state index in [0.717, 1.165) is 4.57 Å². The van der Waals surface area contributed by atoms with Crippen molar-refractivity contribution in [2.45, 2.75) is 33.0 Å². The lowest BCUT2D eigenvalue weighted by molar-refractivity contribution is -0.148. The van der Waals surface area contributed by atoms with E-state index in [0.29, 0.717) is 0 Å². The van der Waals surface area contributed by atoms with Crippen LogP contribution in [0.25, 0.3) is 11.0 Å². The third-order valence-corrected chi connectivity index (χ3v) is 3.86. The molecular weight excluding hydrogens is 339 g/mol. The quantitative estimate of drug-likeness (QED) is 0.832.